The predicted octanol–water partition coefficient (Wildman–Crippen LogP) is 4.74. The van der Waals surface area contributed by atoms with Gasteiger partial charge < -0.3 is 4.57 Å². The number of halogens is 1. The van der Waals surface area contributed by atoms with E-state index in [2.05, 4.69) is 29.5 Å². The summed E-state index contributed by atoms with van der Waals surface area (Å²) in [6.45, 7) is 7.67. The summed E-state index contributed by atoms with van der Waals surface area (Å²) < 4.78 is 15.8. The Morgan fingerprint density at radius 3 is 2.48 bits per heavy atom. The molecule has 0 spiro atoms. The van der Waals surface area contributed by atoms with Gasteiger partial charge in [0.25, 0.3) is 0 Å². The molecule has 0 bridgehead atoms. The van der Waals surface area contributed by atoms with Gasteiger partial charge in [0.1, 0.15) is 5.82 Å². The highest BCUT2D eigenvalue weighted by molar-refractivity contribution is 5.84. The Morgan fingerprint density at radius 2 is 1.81 bits per heavy atom. The molecule has 0 amide bonds. The maximum atomic E-state index is 13.6. The van der Waals surface area contributed by atoms with Crippen molar-refractivity contribution in [3.05, 3.63) is 35.8 Å². The fourth-order valence-electron chi connectivity index (χ4n) is 3.39. The van der Waals surface area contributed by atoms with Crippen LogP contribution in [0.5, 0.6) is 0 Å². The maximum Gasteiger partial charge on any atom is 0.125 e. The second-order valence-corrected chi connectivity index (χ2v) is 6.51. The molecule has 21 heavy (non-hydrogen) atoms. The molecule has 1 saturated heterocycles. The van der Waals surface area contributed by atoms with E-state index < -0.39 is 0 Å². The van der Waals surface area contributed by atoms with Crippen LogP contribution in [-0.2, 0) is 6.54 Å². The Morgan fingerprint density at radius 1 is 1.10 bits per heavy atom. The largest absolute Gasteiger partial charge is 0.345 e. The van der Waals surface area contributed by atoms with Crippen molar-refractivity contribution in [1.29, 1.82) is 0 Å². The van der Waals surface area contributed by atoms with Gasteiger partial charge in [-0.3, -0.25) is 4.90 Å². The minimum absolute atomic E-state index is 0.149. The van der Waals surface area contributed by atoms with Crippen molar-refractivity contribution < 1.29 is 4.39 Å². The normalized spacial score (nSPS) is 17.5. The van der Waals surface area contributed by atoms with E-state index in [1.54, 1.807) is 12.1 Å². The van der Waals surface area contributed by atoms with E-state index in [-0.39, 0.29) is 5.82 Å². The zero-order valence-electron chi connectivity index (χ0n) is 13.1. The fourth-order valence-corrected chi connectivity index (χ4v) is 3.39. The molecule has 114 valence electrons. The number of fused-ring (bicyclic) bond motifs is 1. The Labute approximate surface area is 126 Å². The highest BCUT2D eigenvalue weighted by atomic mass is 19.1. The number of rotatable bonds is 3. The average molecular weight is 288 g/mol. The average Bonchev–Trinajstić information content (AvgIpc) is 2.62. The molecule has 2 heterocycles. The van der Waals surface area contributed by atoms with Gasteiger partial charge in [-0.15, -0.1) is 0 Å². The number of hydrogen-bond acceptors (Lipinski definition) is 1. The van der Waals surface area contributed by atoms with Crippen molar-refractivity contribution in [2.45, 2.75) is 52.1 Å². The molecule has 0 N–H and O–H groups in total. The molecule has 3 heteroatoms. The summed E-state index contributed by atoms with van der Waals surface area (Å²) in [5.74, 6) is -0.149. The van der Waals surface area contributed by atoms with E-state index >= 15 is 0 Å². The van der Waals surface area contributed by atoms with Crippen LogP contribution < -0.4 is 0 Å². The first-order valence-electron chi connectivity index (χ1n) is 8.16. The molecule has 1 aromatic carbocycles. The number of nitrogens with zero attached hydrogens (tertiary/aromatic N) is 2. The molecule has 0 aliphatic carbocycles. The Kier molecular flexibility index (Phi) is 4.29. The van der Waals surface area contributed by atoms with E-state index in [0.717, 1.165) is 12.1 Å². The van der Waals surface area contributed by atoms with Gasteiger partial charge in [0.15, 0.2) is 0 Å². The van der Waals surface area contributed by atoms with Crippen LogP contribution in [0.4, 0.5) is 4.39 Å². The van der Waals surface area contributed by atoms with Crippen LogP contribution in [0, 0.1) is 5.82 Å². The number of benzene rings is 1. The van der Waals surface area contributed by atoms with Gasteiger partial charge in [-0.1, -0.05) is 12.8 Å². The topological polar surface area (TPSA) is 8.17 Å². The van der Waals surface area contributed by atoms with Crippen LogP contribution in [0.15, 0.2) is 24.4 Å². The summed E-state index contributed by atoms with van der Waals surface area (Å²) in [6, 6.07) is 5.55. The lowest BCUT2D eigenvalue weighted by Crippen LogP contribution is -2.23. The van der Waals surface area contributed by atoms with E-state index in [9.17, 15) is 4.39 Å². The Bertz CT molecular complexity index is 607. The van der Waals surface area contributed by atoms with Crippen LogP contribution in [0.3, 0.4) is 0 Å². The van der Waals surface area contributed by atoms with Gasteiger partial charge in [0, 0.05) is 24.2 Å². The van der Waals surface area contributed by atoms with E-state index in [4.69, 9.17) is 0 Å². The van der Waals surface area contributed by atoms with Crippen molar-refractivity contribution in [3.8, 4) is 0 Å². The summed E-state index contributed by atoms with van der Waals surface area (Å²) in [5.41, 5.74) is 2.36. The highest BCUT2D eigenvalue weighted by Crippen LogP contribution is 2.27. The summed E-state index contributed by atoms with van der Waals surface area (Å²) in [5, 5.41) is 1.20. The third-order valence-electron chi connectivity index (χ3n) is 4.53. The molecule has 1 aliphatic rings. The third kappa shape index (κ3) is 3.13. The summed E-state index contributed by atoms with van der Waals surface area (Å²) in [4.78, 5) is 2.55. The van der Waals surface area contributed by atoms with Crippen LogP contribution in [-0.4, -0.2) is 22.6 Å². The zero-order valence-corrected chi connectivity index (χ0v) is 13.1. The highest BCUT2D eigenvalue weighted by Gasteiger charge is 2.15. The SMILES string of the molecule is CC(C)n1cc(CN2CCCCCC2)c2ccc(F)cc21. The Balaban J connectivity index is 1.94. The molecule has 0 radical (unpaired) electrons. The van der Waals surface area contributed by atoms with Gasteiger partial charge in [0.2, 0.25) is 0 Å². The number of hydrogen-bond donors (Lipinski definition) is 0. The molecule has 2 aromatic rings. The van der Waals surface area contributed by atoms with Gasteiger partial charge in [0.05, 0.1) is 5.52 Å². The molecule has 1 aliphatic heterocycles. The fraction of sp³-hybridized carbons (Fsp3) is 0.556. The van der Waals surface area contributed by atoms with Crippen LogP contribution in [0.25, 0.3) is 10.9 Å². The molecule has 0 atom stereocenters. The van der Waals surface area contributed by atoms with Crippen molar-refractivity contribution in [2.75, 3.05) is 13.1 Å². The summed E-state index contributed by atoms with van der Waals surface area (Å²) in [7, 11) is 0. The smallest absolute Gasteiger partial charge is 0.125 e. The predicted molar refractivity (Wildman–Crippen MR) is 86.0 cm³/mol. The lowest BCUT2D eigenvalue weighted by molar-refractivity contribution is 0.277. The minimum Gasteiger partial charge on any atom is -0.345 e. The monoisotopic (exact) mass is 288 g/mol. The second kappa shape index (κ2) is 6.18. The van der Waals surface area contributed by atoms with Gasteiger partial charge in [-0.2, -0.15) is 0 Å². The summed E-state index contributed by atoms with van der Waals surface area (Å²) >= 11 is 0. The lowest BCUT2D eigenvalue weighted by Gasteiger charge is -2.19. The molecule has 2 nitrogen and oxygen atoms in total. The van der Waals surface area contributed by atoms with E-state index in [0.29, 0.717) is 6.04 Å². The first-order chi connectivity index (χ1) is 10.1. The van der Waals surface area contributed by atoms with Gasteiger partial charge in [-0.25, -0.2) is 4.39 Å². The van der Waals surface area contributed by atoms with Crippen molar-refractivity contribution in [1.82, 2.24) is 9.47 Å². The van der Waals surface area contributed by atoms with Crippen LogP contribution in [0.1, 0.15) is 51.1 Å². The van der Waals surface area contributed by atoms with Crippen LogP contribution >= 0.6 is 0 Å². The van der Waals surface area contributed by atoms with Crippen molar-refractivity contribution in [2.24, 2.45) is 0 Å². The molecular weight excluding hydrogens is 263 g/mol. The molecule has 3 rings (SSSR count). The quantitative estimate of drug-likeness (QED) is 0.792. The first kappa shape index (κ1) is 14.6. The molecule has 1 fully saturated rings. The second-order valence-electron chi connectivity index (χ2n) is 6.51. The summed E-state index contributed by atoms with van der Waals surface area (Å²) in [6.07, 6.45) is 7.54. The van der Waals surface area contributed by atoms with Gasteiger partial charge >= 0.3 is 0 Å². The number of likely N-dealkylation sites (tertiary alicyclic amines) is 1. The van der Waals surface area contributed by atoms with E-state index in [1.807, 2.05) is 6.07 Å². The molecule has 1 aromatic heterocycles. The minimum atomic E-state index is -0.149. The lowest BCUT2D eigenvalue weighted by atomic mass is 10.1. The van der Waals surface area contributed by atoms with Gasteiger partial charge in [-0.05, 0) is 63.5 Å². The Hall–Kier alpha value is -1.35. The van der Waals surface area contributed by atoms with Crippen molar-refractivity contribution >= 4 is 10.9 Å². The molecular formula is C18H25FN2. The first-order valence-corrected chi connectivity index (χ1v) is 8.16. The van der Waals surface area contributed by atoms with Crippen molar-refractivity contribution in [3.63, 3.8) is 0 Å². The zero-order chi connectivity index (χ0) is 14.8. The van der Waals surface area contributed by atoms with E-state index in [1.165, 1.54) is 49.7 Å². The number of aromatic nitrogens is 1. The molecule has 0 unspecified atom stereocenters. The molecule has 0 saturated carbocycles. The maximum absolute atomic E-state index is 13.6. The standard InChI is InChI=1S/C18H25FN2/c1-14(2)21-13-15(12-20-9-5-3-4-6-10-20)17-8-7-16(19)11-18(17)21/h7-8,11,13-14H,3-6,9-10,12H2,1-2H3. The third-order valence-corrected chi connectivity index (χ3v) is 4.53. The van der Waals surface area contributed by atoms with Crippen LogP contribution in [0.2, 0.25) is 0 Å².